The van der Waals surface area contributed by atoms with Gasteiger partial charge in [0.25, 0.3) is 0 Å². The van der Waals surface area contributed by atoms with Gasteiger partial charge in [0, 0.05) is 21.8 Å². The molecule has 0 radical (unpaired) electrons. The van der Waals surface area contributed by atoms with Crippen LogP contribution in [-0.2, 0) is 6.42 Å². The van der Waals surface area contributed by atoms with Gasteiger partial charge in [0.05, 0.1) is 5.92 Å². The van der Waals surface area contributed by atoms with Crippen molar-refractivity contribution in [3.8, 4) is 23.1 Å². The van der Waals surface area contributed by atoms with Crippen LogP contribution in [0.25, 0.3) is 11.1 Å². The average Bonchev–Trinajstić information content (AvgIpc) is 3.10. The minimum atomic E-state index is -0.364. The van der Waals surface area contributed by atoms with Gasteiger partial charge in [-0.3, -0.25) is 5.10 Å². The molecule has 1 aromatic heterocycles. The fourth-order valence-electron chi connectivity index (χ4n) is 3.65. The zero-order valence-electron chi connectivity index (χ0n) is 15.4. The standard InChI is InChI=1S/C22H19ClN4O/c1-2-6-18-20-19(16(12-24)21(25)28-22(20)27-26-18)14-9-10-15(17(23)11-14)13-7-4-3-5-8-13/h3-5,7-11,19H,2,6,25H2,1H3,(H,26,27). The van der Waals surface area contributed by atoms with Gasteiger partial charge in [0.15, 0.2) is 0 Å². The number of nitrogens with zero attached hydrogens (tertiary/aromatic N) is 2. The molecular weight excluding hydrogens is 372 g/mol. The molecule has 3 N–H and O–H groups in total. The van der Waals surface area contributed by atoms with Gasteiger partial charge in [-0.05, 0) is 23.6 Å². The molecule has 0 spiro atoms. The number of hydrogen-bond donors (Lipinski definition) is 2. The minimum absolute atomic E-state index is 0.0813. The Morgan fingerprint density at radius 2 is 2.04 bits per heavy atom. The molecule has 1 atom stereocenters. The first kappa shape index (κ1) is 18.1. The number of aromatic amines is 1. The maximum absolute atomic E-state index is 9.75. The van der Waals surface area contributed by atoms with Gasteiger partial charge in [0.2, 0.25) is 11.8 Å². The molecule has 0 bridgehead atoms. The molecule has 140 valence electrons. The van der Waals surface area contributed by atoms with Crippen molar-refractivity contribution in [3.63, 3.8) is 0 Å². The first-order valence-corrected chi connectivity index (χ1v) is 9.51. The Balaban J connectivity index is 1.85. The summed E-state index contributed by atoms with van der Waals surface area (Å²) in [6, 6.07) is 18.0. The van der Waals surface area contributed by atoms with Crippen LogP contribution in [0.4, 0.5) is 0 Å². The predicted octanol–water partition coefficient (Wildman–Crippen LogP) is 4.90. The second kappa shape index (κ2) is 7.41. The third kappa shape index (κ3) is 3.02. The van der Waals surface area contributed by atoms with Crippen molar-refractivity contribution in [1.82, 2.24) is 10.2 Å². The number of benzene rings is 2. The van der Waals surface area contributed by atoms with E-state index < -0.39 is 0 Å². The molecule has 6 heteroatoms. The molecule has 3 aromatic rings. The van der Waals surface area contributed by atoms with Gasteiger partial charge in [-0.25, -0.2) is 0 Å². The van der Waals surface area contributed by atoms with Gasteiger partial charge >= 0.3 is 0 Å². The highest BCUT2D eigenvalue weighted by atomic mass is 35.5. The Labute approximate surface area is 168 Å². The summed E-state index contributed by atoms with van der Waals surface area (Å²) < 4.78 is 5.60. The molecule has 0 aliphatic carbocycles. The number of ether oxygens (including phenoxy) is 1. The van der Waals surface area contributed by atoms with Crippen molar-refractivity contribution in [2.45, 2.75) is 25.7 Å². The van der Waals surface area contributed by atoms with Crippen LogP contribution in [0, 0.1) is 11.3 Å². The quantitative estimate of drug-likeness (QED) is 0.663. The molecular formula is C22H19ClN4O. The largest absolute Gasteiger partial charge is 0.420 e. The SMILES string of the molecule is CCCc1[nH]nc2c1C(c1ccc(-c3ccccc3)c(Cl)c1)C(C#N)=C(N)O2. The molecule has 2 aromatic carbocycles. The normalized spacial score (nSPS) is 15.7. The molecule has 5 nitrogen and oxygen atoms in total. The zero-order valence-corrected chi connectivity index (χ0v) is 16.1. The fraction of sp³-hybridized carbons (Fsp3) is 0.182. The maximum atomic E-state index is 9.75. The Hall–Kier alpha value is -3.23. The summed E-state index contributed by atoms with van der Waals surface area (Å²) in [4.78, 5) is 0. The molecule has 1 aliphatic heterocycles. The van der Waals surface area contributed by atoms with E-state index in [1.165, 1.54) is 0 Å². The third-order valence-electron chi connectivity index (χ3n) is 4.93. The Morgan fingerprint density at radius 3 is 2.71 bits per heavy atom. The summed E-state index contributed by atoms with van der Waals surface area (Å²) in [5.41, 5.74) is 11.1. The molecule has 0 saturated carbocycles. The summed E-state index contributed by atoms with van der Waals surface area (Å²) >= 11 is 6.63. The number of nitrogens with one attached hydrogen (secondary N) is 1. The predicted molar refractivity (Wildman–Crippen MR) is 109 cm³/mol. The number of rotatable bonds is 4. The van der Waals surface area contributed by atoms with Crippen LogP contribution in [0.1, 0.15) is 36.1 Å². The van der Waals surface area contributed by atoms with Crippen LogP contribution in [0.15, 0.2) is 60.0 Å². The summed E-state index contributed by atoms with van der Waals surface area (Å²) in [5, 5.41) is 17.7. The van der Waals surface area contributed by atoms with E-state index in [0.717, 1.165) is 40.8 Å². The lowest BCUT2D eigenvalue weighted by molar-refractivity contribution is 0.378. The van der Waals surface area contributed by atoms with Crippen LogP contribution in [-0.4, -0.2) is 10.2 Å². The topological polar surface area (TPSA) is 87.7 Å². The van der Waals surface area contributed by atoms with Crippen LogP contribution in [0.5, 0.6) is 5.88 Å². The summed E-state index contributed by atoms with van der Waals surface area (Å²) in [5.74, 6) is 0.141. The average molecular weight is 391 g/mol. The van der Waals surface area contributed by atoms with Crippen LogP contribution in [0.3, 0.4) is 0 Å². The first-order chi connectivity index (χ1) is 13.6. The van der Waals surface area contributed by atoms with Crippen molar-refractivity contribution >= 4 is 11.6 Å². The number of allylic oxidation sites excluding steroid dienone is 1. The van der Waals surface area contributed by atoms with E-state index in [9.17, 15) is 5.26 Å². The highest BCUT2D eigenvalue weighted by Gasteiger charge is 2.35. The molecule has 0 fully saturated rings. The second-order valence-corrected chi connectivity index (χ2v) is 7.11. The molecule has 1 aliphatic rings. The summed E-state index contributed by atoms with van der Waals surface area (Å²) in [7, 11) is 0. The van der Waals surface area contributed by atoms with Crippen molar-refractivity contribution in [1.29, 1.82) is 5.26 Å². The molecule has 4 rings (SSSR count). The summed E-state index contributed by atoms with van der Waals surface area (Å²) in [6.07, 6.45) is 1.74. The molecule has 1 unspecified atom stereocenters. The van der Waals surface area contributed by atoms with Crippen molar-refractivity contribution in [2.75, 3.05) is 0 Å². The van der Waals surface area contributed by atoms with Gasteiger partial charge in [-0.15, -0.1) is 5.10 Å². The number of halogens is 1. The van der Waals surface area contributed by atoms with Crippen LogP contribution in [0.2, 0.25) is 5.02 Å². The minimum Gasteiger partial charge on any atom is -0.420 e. The van der Waals surface area contributed by atoms with Gasteiger partial charge in [0.1, 0.15) is 11.6 Å². The van der Waals surface area contributed by atoms with E-state index in [1.54, 1.807) is 0 Å². The number of H-pyrrole nitrogens is 1. The van der Waals surface area contributed by atoms with Crippen molar-refractivity contribution in [3.05, 3.63) is 81.8 Å². The Kier molecular flexibility index (Phi) is 4.81. The van der Waals surface area contributed by atoms with Gasteiger partial charge < -0.3 is 10.5 Å². The number of nitriles is 1. The summed E-state index contributed by atoms with van der Waals surface area (Å²) in [6.45, 7) is 2.09. The lowest BCUT2D eigenvalue weighted by Gasteiger charge is -2.24. The number of aryl methyl sites for hydroxylation is 1. The van der Waals surface area contributed by atoms with E-state index in [2.05, 4.69) is 23.2 Å². The smallest absolute Gasteiger partial charge is 0.244 e. The van der Waals surface area contributed by atoms with Gasteiger partial charge in [-0.1, -0.05) is 67.4 Å². The van der Waals surface area contributed by atoms with E-state index in [-0.39, 0.29) is 11.8 Å². The highest BCUT2D eigenvalue weighted by Crippen LogP contribution is 2.44. The monoisotopic (exact) mass is 390 g/mol. The van der Waals surface area contributed by atoms with E-state index in [0.29, 0.717) is 16.5 Å². The highest BCUT2D eigenvalue weighted by molar-refractivity contribution is 6.33. The van der Waals surface area contributed by atoms with E-state index in [1.807, 2.05) is 48.5 Å². The number of nitrogens with two attached hydrogens (primary N) is 1. The van der Waals surface area contributed by atoms with E-state index >= 15 is 0 Å². The third-order valence-corrected chi connectivity index (χ3v) is 5.24. The fourth-order valence-corrected chi connectivity index (χ4v) is 3.94. The lowest BCUT2D eigenvalue weighted by Crippen LogP contribution is -2.21. The van der Waals surface area contributed by atoms with Crippen molar-refractivity contribution < 1.29 is 4.74 Å². The Morgan fingerprint density at radius 1 is 1.25 bits per heavy atom. The first-order valence-electron chi connectivity index (χ1n) is 9.13. The van der Waals surface area contributed by atoms with Crippen LogP contribution >= 0.6 is 11.6 Å². The van der Waals surface area contributed by atoms with Gasteiger partial charge in [-0.2, -0.15) is 5.26 Å². The lowest BCUT2D eigenvalue weighted by atomic mass is 9.83. The maximum Gasteiger partial charge on any atom is 0.244 e. The second-order valence-electron chi connectivity index (χ2n) is 6.70. The number of fused-ring (bicyclic) bond motifs is 1. The molecule has 2 heterocycles. The number of hydrogen-bond acceptors (Lipinski definition) is 4. The molecule has 0 saturated heterocycles. The van der Waals surface area contributed by atoms with E-state index in [4.69, 9.17) is 22.1 Å². The molecule has 0 amide bonds. The number of aromatic nitrogens is 2. The van der Waals surface area contributed by atoms with Crippen molar-refractivity contribution in [2.24, 2.45) is 5.73 Å². The Bertz CT molecular complexity index is 1100. The molecule has 28 heavy (non-hydrogen) atoms. The van der Waals surface area contributed by atoms with Crippen LogP contribution < -0.4 is 10.5 Å². The zero-order chi connectivity index (χ0) is 19.7.